The van der Waals surface area contributed by atoms with Crippen molar-refractivity contribution in [2.45, 2.75) is 33.7 Å². The lowest BCUT2D eigenvalue weighted by molar-refractivity contribution is 0.542. The molecule has 3 rings (SSSR count). The highest BCUT2D eigenvalue weighted by molar-refractivity contribution is 14.2. The number of hydrogen-bond acceptors (Lipinski definition) is 6. The molecule has 8 heteroatoms. The van der Waals surface area contributed by atoms with Crippen molar-refractivity contribution in [1.29, 1.82) is 5.41 Å². The van der Waals surface area contributed by atoms with Crippen molar-refractivity contribution in [3.05, 3.63) is 23.8 Å². The van der Waals surface area contributed by atoms with Crippen LogP contribution in [0, 0.1) is 5.41 Å². The fourth-order valence-electron chi connectivity index (χ4n) is 2.76. The van der Waals surface area contributed by atoms with E-state index >= 15 is 0 Å². The number of nitrogens with zero attached hydrogens (tertiary/aromatic N) is 3. The van der Waals surface area contributed by atoms with E-state index < -0.39 is 0 Å². The Kier molecular flexibility index (Phi) is 5.40. The van der Waals surface area contributed by atoms with E-state index in [9.17, 15) is 0 Å². The average Bonchev–Trinajstić information content (AvgIpc) is 3.14. The first-order valence-electron chi connectivity index (χ1n) is 8.42. The van der Waals surface area contributed by atoms with Gasteiger partial charge in [-0.1, -0.05) is 6.92 Å². The number of nitrogen functional groups attached to an aromatic ring is 1. The third kappa shape index (κ3) is 3.50. The number of aromatic nitrogens is 3. The summed E-state index contributed by atoms with van der Waals surface area (Å²) in [4.78, 5) is 4.20. The summed E-state index contributed by atoms with van der Waals surface area (Å²) >= 11 is -0.0143. The Morgan fingerprint density at radius 3 is 2.88 bits per heavy atom. The molecular weight excluding hydrogens is 443 g/mol. The third-order valence-corrected chi connectivity index (χ3v) is 5.51. The van der Waals surface area contributed by atoms with Crippen molar-refractivity contribution in [2.75, 3.05) is 15.5 Å². The van der Waals surface area contributed by atoms with Gasteiger partial charge in [0.25, 0.3) is 6.01 Å². The van der Waals surface area contributed by atoms with Gasteiger partial charge >= 0.3 is 0 Å². The van der Waals surface area contributed by atoms with Crippen LogP contribution in [0.1, 0.15) is 39.3 Å². The molecule has 7 nitrogen and oxygen atoms in total. The van der Waals surface area contributed by atoms with Crippen molar-refractivity contribution in [3.8, 4) is 11.3 Å². The normalized spacial score (nSPS) is 12.0. The largest absolute Gasteiger partial charge is 0.424 e. The second kappa shape index (κ2) is 7.56. The van der Waals surface area contributed by atoms with E-state index in [-0.39, 0.29) is 32.8 Å². The zero-order valence-corrected chi connectivity index (χ0v) is 17.5. The summed E-state index contributed by atoms with van der Waals surface area (Å²) in [6, 6.07) is 5.99. The lowest BCUT2D eigenvalue weighted by atomic mass is 10.0. The molecular formula is C18H23IN6O. The van der Waals surface area contributed by atoms with Gasteiger partial charge in [-0.2, -0.15) is 10.1 Å². The van der Waals surface area contributed by atoms with Crippen LogP contribution in [0.2, 0.25) is 0 Å². The molecule has 0 atom stereocenters. The van der Waals surface area contributed by atoms with Crippen molar-refractivity contribution in [1.82, 2.24) is 14.8 Å². The first-order valence-corrected chi connectivity index (χ1v) is 11.2. The maximum Gasteiger partial charge on any atom is 0.292 e. The Morgan fingerprint density at radius 1 is 1.46 bits per heavy atom. The highest BCUT2D eigenvalue weighted by atomic mass is 127. The predicted octanol–water partition coefficient (Wildman–Crippen LogP) is 4.40. The minimum atomic E-state index is -0.0143. The molecule has 2 aromatic heterocycles. The third-order valence-electron chi connectivity index (χ3n) is 3.87. The smallest absolute Gasteiger partial charge is 0.292 e. The molecule has 26 heavy (non-hydrogen) atoms. The molecule has 0 spiro atoms. The zero-order chi connectivity index (χ0) is 18.8. The van der Waals surface area contributed by atoms with Crippen molar-refractivity contribution >= 4 is 53.5 Å². The molecule has 0 unspecified atom stereocenters. The summed E-state index contributed by atoms with van der Waals surface area (Å²) in [5, 5.41) is 16.5. The van der Waals surface area contributed by atoms with Crippen molar-refractivity contribution in [3.63, 3.8) is 0 Å². The molecule has 0 fully saturated rings. The van der Waals surface area contributed by atoms with E-state index in [0.717, 1.165) is 27.1 Å². The van der Waals surface area contributed by atoms with E-state index in [1.165, 1.54) is 0 Å². The number of nitrogens with two attached hydrogens (primary N) is 1. The summed E-state index contributed by atoms with van der Waals surface area (Å²) in [6.45, 7) is 8.14. The molecule has 0 amide bonds. The highest BCUT2D eigenvalue weighted by Gasteiger charge is 2.22. The molecule has 2 heterocycles. The summed E-state index contributed by atoms with van der Waals surface area (Å²) in [5.41, 5.74) is 9.91. The molecule has 4 N–H and O–H groups in total. The Hall–Kier alpha value is -2.23. The van der Waals surface area contributed by atoms with Gasteiger partial charge < -0.3 is 20.9 Å². The molecule has 138 valence electrons. The van der Waals surface area contributed by atoms with Crippen molar-refractivity contribution in [2.24, 2.45) is 0 Å². The maximum absolute atomic E-state index is 8.32. The van der Waals surface area contributed by atoms with Crippen LogP contribution >= 0.6 is 20.7 Å². The second-order valence-electron chi connectivity index (χ2n) is 6.15. The Balaban J connectivity index is 2.19. The van der Waals surface area contributed by atoms with Crippen LogP contribution in [0.3, 0.4) is 0 Å². The SMILES string of the molecule is CCI=CNc1c(C(C)=N)c(-c2ccc3oc(N)nc3c2)nn1C(C)C. The monoisotopic (exact) mass is 466 g/mol. The number of fused-ring (bicyclic) bond motifs is 1. The summed E-state index contributed by atoms with van der Waals surface area (Å²) in [6.07, 6.45) is 0. The van der Waals surface area contributed by atoms with Gasteiger partial charge in [-0.15, -0.1) is 20.7 Å². The lowest BCUT2D eigenvalue weighted by Gasteiger charge is -2.11. The Labute approximate surface area is 162 Å². The number of halogens is 1. The number of alkyl halides is 1. The first-order chi connectivity index (χ1) is 12.4. The number of oxazole rings is 1. The van der Waals surface area contributed by atoms with Gasteiger partial charge in [0.2, 0.25) is 0 Å². The van der Waals surface area contributed by atoms with Gasteiger partial charge in [0.05, 0.1) is 5.56 Å². The number of nitrogens with one attached hydrogen (secondary N) is 2. The van der Waals surface area contributed by atoms with Gasteiger partial charge in [-0.25, -0.2) is 4.68 Å². The van der Waals surface area contributed by atoms with E-state index in [1.807, 2.05) is 22.9 Å². The average molecular weight is 466 g/mol. The van der Waals surface area contributed by atoms with Crippen LogP contribution in [0.25, 0.3) is 22.4 Å². The van der Waals surface area contributed by atoms with Gasteiger partial charge in [-0.3, -0.25) is 0 Å². The maximum atomic E-state index is 8.32. The van der Waals surface area contributed by atoms with E-state index in [1.54, 1.807) is 6.92 Å². The molecule has 0 bridgehead atoms. The Bertz CT molecular complexity index is 985. The van der Waals surface area contributed by atoms with Crippen LogP contribution in [0.5, 0.6) is 0 Å². The second-order valence-corrected chi connectivity index (χ2v) is 9.17. The van der Waals surface area contributed by atoms with E-state index in [0.29, 0.717) is 16.8 Å². The lowest BCUT2D eigenvalue weighted by Crippen LogP contribution is -2.10. The molecule has 0 saturated carbocycles. The molecule has 1 aromatic carbocycles. The number of hydrogen-bond donors (Lipinski definition) is 3. The molecule has 0 aliphatic rings. The molecule has 0 saturated heterocycles. The van der Waals surface area contributed by atoms with Crippen LogP contribution < -0.4 is 11.1 Å². The van der Waals surface area contributed by atoms with Crippen LogP contribution in [-0.4, -0.2) is 29.0 Å². The quantitative estimate of drug-likeness (QED) is 0.284. The number of anilines is 2. The first kappa shape index (κ1) is 18.6. The van der Waals surface area contributed by atoms with Crippen molar-refractivity contribution < 1.29 is 4.42 Å². The van der Waals surface area contributed by atoms with Crippen LogP contribution in [-0.2, 0) is 0 Å². The van der Waals surface area contributed by atoms with E-state index in [4.69, 9.17) is 20.7 Å². The fraction of sp³-hybridized carbons (Fsp3) is 0.333. The summed E-state index contributed by atoms with van der Waals surface area (Å²) in [7, 11) is 0. The molecule has 0 aliphatic heterocycles. The van der Waals surface area contributed by atoms with E-state index in [2.05, 4.69) is 35.2 Å². The van der Waals surface area contributed by atoms with Crippen LogP contribution in [0.15, 0.2) is 22.6 Å². The standard InChI is InChI=1S/C18H23IN6O/c1-5-19-9-22-17-15(11(4)20)16(24-25(17)10(2)3)12-6-7-14-13(8-12)23-18(21)26-14/h6-10,20,22H,5H2,1-4H3,(H2,21,23). The molecule has 0 aliphatic carbocycles. The van der Waals surface area contributed by atoms with Gasteiger partial charge in [-0.05, 0) is 43.4 Å². The zero-order valence-electron chi connectivity index (χ0n) is 15.3. The van der Waals surface area contributed by atoms with Crippen LogP contribution in [0.4, 0.5) is 11.8 Å². The van der Waals surface area contributed by atoms with Gasteiger partial charge in [0.1, 0.15) is 17.0 Å². The number of rotatable bonds is 6. The molecule has 3 aromatic rings. The number of benzene rings is 1. The highest BCUT2D eigenvalue weighted by Crippen LogP contribution is 2.33. The molecule has 0 radical (unpaired) electrons. The minimum absolute atomic E-state index is 0.0143. The summed E-state index contributed by atoms with van der Waals surface area (Å²) in [5.74, 6) is 0.871. The minimum Gasteiger partial charge on any atom is -0.424 e. The Morgan fingerprint density at radius 2 is 2.23 bits per heavy atom. The van der Waals surface area contributed by atoms with Gasteiger partial charge in [0, 0.05) is 21.5 Å². The predicted molar refractivity (Wildman–Crippen MR) is 117 cm³/mol. The topological polar surface area (TPSA) is 106 Å². The summed E-state index contributed by atoms with van der Waals surface area (Å²) < 4.78 is 10.6. The van der Waals surface area contributed by atoms with Gasteiger partial charge in [0.15, 0.2) is 5.58 Å². The fourth-order valence-corrected chi connectivity index (χ4v) is 3.72.